The highest BCUT2D eigenvalue weighted by molar-refractivity contribution is 6.35. The van der Waals surface area contributed by atoms with Gasteiger partial charge in [0.05, 0.1) is 5.02 Å². The van der Waals surface area contributed by atoms with Gasteiger partial charge in [-0.05, 0) is 60.5 Å². The highest BCUT2D eigenvalue weighted by Gasteiger charge is 2.16. The van der Waals surface area contributed by atoms with Gasteiger partial charge in [-0.15, -0.1) is 0 Å². The second kappa shape index (κ2) is 8.14. The number of ketones is 1. The maximum absolute atomic E-state index is 12.9. The molecule has 3 aromatic carbocycles. The molecule has 5 nitrogen and oxygen atoms in total. The van der Waals surface area contributed by atoms with Gasteiger partial charge in [0, 0.05) is 38.1 Å². The number of halogens is 2. The molecule has 0 aromatic heterocycles. The molecule has 7 heteroatoms. The summed E-state index contributed by atoms with van der Waals surface area (Å²) in [5.74, 6) is -0.234. The Morgan fingerprint density at radius 1 is 1.00 bits per heavy atom. The fourth-order valence-electron chi connectivity index (χ4n) is 2.62. The maximum atomic E-state index is 12.9. The third kappa shape index (κ3) is 4.41. The lowest BCUT2D eigenvalue weighted by atomic mass is 9.98. The van der Waals surface area contributed by atoms with Crippen molar-refractivity contribution in [2.45, 2.75) is 6.92 Å². The SMILES string of the molecule is Cc1ccc(N=[N+]=[N-])cc1C(=O)c1ccc(Nc2cccc(Cl)c2)cc1Cl. The maximum Gasteiger partial charge on any atom is 0.194 e. The second-order valence-electron chi connectivity index (χ2n) is 5.85. The Hall–Kier alpha value is -2.98. The lowest BCUT2D eigenvalue weighted by Crippen LogP contribution is -2.05. The standard InChI is InChI=1S/C20H14Cl2N4O/c1-12-5-6-16(25-26-23)10-18(12)20(27)17-8-7-15(11-19(17)22)24-14-4-2-3-13(21)9-14/h2-11,24H,1H3. The monoisotopic (exact) mass is 396 g/mol. The molecule has 0 atom stereocenters. The highest BCUT2D eigenvalue weighted by atomic mass is 35.5. The molecule has 1 N–H and O–H groups in total. The summed E-state index contributed by atoms with van der Waals surface area (Å²) >= 11 is 12.3. The van der Waals surface area contributed by atoms with Crippen molar-refractivity contribution in [3.8, 4) is 0 Å². The zero-order valence-electron chi connectivity index (χ0n) is 14.3. The van der Waals surface area contributed by atoms with Gasteiger partial charge in [-0.1, -0.05) is 46.5 Å². The molecule has 3 aromatic rings. The van der Waals surface area contributed by atoms with E-state index in [1.165, 1.54) is 0 Å². The number of benzene rings is 3. The Morgan fingerprint density at radius 2 is 1.78 bits per heavy atom. The normalized spacial score (nSPS) is 10.2. The van der Waals surface area contributed by atoms with Crippen molar-refractivity contribution in [3.63, 3.8) is 0 Å². The third-order valence-corrected chi connectivity index (χ3v) is 4.50. The Morgan fingerprint density at radius 3 is 2.48 bits per heavy atom. The lowest BCUT2D eigenvalue weighted by molar-refractivity contribution is 0.103. The van der Waals surface area contributed by atoms with E-state index < -0.39 is 0 Å². The fourth-order valence-corrected chi connectivity index (χ4v) is 3.08. The molecule has 0 aliphatic heterocycles. The molecule has 0 bridgehead atoms. The van der Waals surface area contributed by atoms with Crippen LogP contribution >= 0.6 is 23.2 Å². The number of rotatable bonds is 5. The Kier molecular flexibility index (Phi) is 5.67. The summed E-state index contributed by atoms with van der Waals surface area (Å²) in [6.07, 6.45) is 0. The minimum atomic E-state index is -0.234. The van der Waals surface area contributed by atoms with Crippen LogP contribution in [0.25, 0.3) is 10.4 Å². The highest BCUT2D eigenvalue weighted by Crippen LogP contribution is 2.28. The van der Waals surface area contributed by atoms with Crippen LogP contribution in [0, 0.1) is 6.92 Å². The average Bonchev–Trinajstić information content (AvgIpc) is 2.63. The van der Waals surface area contributed by atoms with Crippen molar-refractivity contribution < 1.29 is 4.79 Å². The molecule has 134 valence electrons. The molecular weight excluding hydrogens is 383 g/mol. The number of carbonyl (C=O) groups excluding carboxylic acids is 1. The molecule has 0 spiro atoms. The minimum absolute atomic E-state index is 0.234. The van der Waals surface area contributed by atoms with Gasteiger partial charge in [0.1, 0.15) is 0 Å². The van der Waals surface area contributed by atoms with E-state index in [1.54, 1.807) is 48.5 Å². The van der Waals surface area contributed by atoms with Crippen molar-refractivity contribution in [3.05, 3.63) is 97.8 Å². The molecule has 0 saturated carbocycles. The van der Waals surface area contributed by atoms with Crippen molar-refractivity contribution >= 4 is 46.0 Å². The Balaban J connectivity index is 1.90. The van der Waals surface area contributed by atoms with Crippen LogP contribution in [0.1, 0.15) is 21.5 Å². The number of anilines is 2. The number of aryl methyl sites for hydroxylation is 1. The quantitative estimate of drug-likeness (QED) is 0.214. The van der Waals surface area contributed by atoms with Crippen molar-refractivity contribution in [1.29, 1.82) is 0 Å². The molecule has 3 rings (SSSR count). The third-order valence-electron chi connectivity index (χ3n) is 3.95. The zero-order chi connectivity index (χ0) is 19.4. The van der Waals surface area contributed by atoms with Gasteiger partial charge >= 0.3 is 0 Å². The van der Waals surface area contributed by atoms with E-state index in [9.17, 15) is 4.79 Å². The summed E-state index contributed by atoms with van der Waals surface area (Å²) in [4.78, 5) is 15.7. The van der Waals surface area contributed by atoms with Crippen LogP contribution < -0.4 is 5.32 Å². The molecule has 0 fully saturated rings. The largest absolute Gasteiger partial charge is 0.355 e. The first-order valence-corrected chi connectivity index (χ1v) is 8.76. The number of hydrogen-bond donors (Lipinski definition) is 1. The summed E-state index contributed by atoms with van der Waals surface area (Å²) in [7, 11) is 0. The topological polar surface area (TPSA) is 77.9 Å². The van der Waals surface area contributed by atoms with Crippen molar-refractivity contribution in [2.75, 3.05) is 5.32 Å². The summed E-state index contributed by atoms with van der Waals surface area (Å²) < 4.78 is 0. The van der Waals surface area contributed by atoms with E-state index in [-0.39, 0.29) is 5.78 Å². The van der Waals surface area contributed by atoms with Gasteiger partial charge in [0.25, 0.3) is 0 Å². The first kappa shape index (κ1) is 18.8. The first-order chi connectivity index (χ1) is 13.0. The summed E-state index contributed by atoms with van der Waals surface area (Å²) in [5, 5.41) is 7.68. The van der Waals surface area contributed by atoms with Gasteiger partial charge in [-0.25, -0.2) is 0 Å². The second-order valence-corrected chi connectivity index (χ2v) is 6.69. The predicted molar refractivity (Wildman–Crippen MR) is 110 cm³/mol. The van der Waals surface area contributed by atoms with Crippen LogP contribution in [0.2, 0.25) is 10.0 Å². The van der Waals surface area contributed by atoms with E-state index in [2.05, 4.69) is 15.3 Å². The predicted octanol–water partition coefficient (Wildman–Crippen LogP) is 7.22. The molecule has 0 heterocycles. The zero-order valence-corrected chi connectivity index (χ0v) is 15.8. The number of azide groups is 1. The van der Waals surface area contributed by atoms with Crippen molar-refractivity contribution in [2.24, 2.45) is 5.11 Å². The van der Waals surface area contributed by atoms with Crippen LogP contribution in [0.5, 0.6) is 0 Å². The molecule has 0 aliphatic carbocycles. The lowest BCUT2D eigenvalue weighted by Gasteiger charge is -2.11. The van der Waals surface area contributed by atoms with Gasteiger partial charge in [-0.3, -0.25) is 4.79 Å². The molecule has 0 radical (unpaired) electrons. The van der Waals surface area contributed by atoms with Gasteiger partial charge in [-0.2, -0.15) is 0 Å². The number of nitrogens with zero attached hydrogens (tertiary/aromatic N) is 3. The molecule has 0 aliphatic rings. The molecule has 0 saturated heterocycles. The first-order valence-electron chi connectivity index (χ1n) is 8.00. The summed E-state index contributed by atoms with van der Waals surface area (Å²) in [6.45, 7) is 1.82. The van der Waals surface area contributed by atoms with Crippen molar-refractivity contribution in [1.82, 2.24) is 0 Å². The van der Waals surface area contributed by atoms with E-state index in [0.717, 1.165) is 16.9 Å². The van der Waals surface area contributed by atoms with Crippen LogP contribution in [0.15, 0.2) is 65.8 Å². The van der Waals surface area contributed by atoms with Crippen LogP contribution in [-0.4, -0.2) is 5.78 Å². The van der Waals surface area contributed by atoms with E-state index >= 15 is 0 Å². The van der Waals surface area contributed by atoms with Crippen LogP contribution in [0.3, 0.4) is 0 Å². The van der Waals surface area contributed by atoms with E-state index in [4.69, 9.17) is 28.7 Å². The van der Waals surface area contributed by atoms with Gasteiger partial charge in [0.2, 0.25) is 0 Å². The smallest absolute Gasteiger partial charge is 0.194 e. The number of hydrogen-bond acceptors (Lipinski definition) is 3. The Labute approximate surface area is 166 Å². The number of carbonyl (C=O) groups is 1. The molecule has 0 unspecified atom stereocenters. The van der Waals surface area contributed by atoms with Crippen LogP contribution in [-0.2, 0) is 0 Å². The molecular formula is C20H14Cl2N4O. The Bertz CT molecular complexity index is 1080. The van der Waals surface area contributed by atoms with Gasteiger partial charge < -0.3 is 5.32 Å². The summed E-state index contributed by atoms with van der Waals surface area (Å²) in [6, 6.07) is 17.4. The molecule has 0 amide bonds. The van der Waals surface area contributed by atoms with E-state index in [0.29, 0.717) is 26.9 Å². The van der Waals surface area contributed by atoms with Gasteiger partial charge in [0.15, 0.2) is 5.78 Å². The fraction of sp³-hybridized carbons (Fsp3) is 0.0500. The number of nitrogens with one attached hydrogen (secondary N) is 1. The minimum Gasteiger partial charge on any atom is -0.355 e. The van der Waals surface area contributed by atoms with E-state index in [1.807, 2.05) is 19.1 Å². The average molecular weight is 397 g/mol. The molecule has 27 heavy (non-hydrogen) atoms. The van der Waals surface area contributed by atoms with Crippen LogP contribution in [0.4, 0.5) is 17.1 Å². The summed E-state index contributed by atoms with van der Waals surface area (Å²) in [5.41, 5.74) is 12.1.